The molecule has 1 saturated heterocycles. The summed E-state index contributed by atoms with van der Waals surface area (Å²) in [6.07, 6.45) is -3.67. The molecule has 1 N–H and O–H groups in total. The van der Waals surface area contributed by atoms with Crippen LogP contribution in [0.4, 0.5) is 19.0 Å². The number of ether oxygens (including phenoxy) is 1. The second-order valence-corrected chi connectivity index (χ2v) is 5.35. The first-order valence-corrected chi connectivity index (χ1v) is 6.43. The number of alkyl halides is 3. The van der Waals surface area contributed by atoms with Gasteiger partial charge >= 0.3 is 6.18 Å². The van der Waals surface area contributed by atoms with Crippen LogP contribution in [0.25, 0.3) is 0 Å². The van der Waals surface area contributed by atoms with Crippen molar-refractivity contribution in [3.63, 3.8) is 0 Å². The molecule has 0 aromatic carbocycles. The van der Waals surface area contributed by atoms with Gasteiger partial charge in [0.1, 0.15) is 11.6 Å². The highest BCUT2D eigenvalue weighted by Crippen LogP contribution is 2.45. The predicted octanol–water partition coefficient (Wildman–Crippen LogP) is 1.40. The first-order valence-electron chi connectivity index (χ1n) is 6.43. The van der Waals surface area contributed by atoms with Gasteiger partial charge in [-0.2, -0.15) is 18.4 Å². The van der Waals surface area contributed by atoms with Crippen LogP contribution in [-0.2, 0) is 11.0 Å². The van der Waals surface area contributed by atoms with Crippen molar-refractivity contribution < 1.29 is 22.7 Å². The molecule has 1 aromatic rings. The summed E-state index contributed by atoms with van der Waals surface area (Å²) >= 11 is 0. The average Bonchev–Trinajstić information content (AvgIpc) is 2.75. The van der Waals surface area contributed by atoms with Gasteiger partial charge in [0.2, 0.25) is 5.60 Å². The Labute approximate surface area is 123 Å². The van der Waals surface area contributed by atoms with Crippen LogP contribution in [0.5, 0.6) is 5.75 Å². The summed E-state index contributed by atoms with van der Waals surface area (Å²) in [6, 6.07) is 2.20. The highest BCUT2D eigenvalue weighted by molar-refractivity contribution is 6.00. The van der Waals surface area contributed by atoms with Gasteiger partial charge < -0.3 is 10.1 Å². The second kappa shape index (κ2) is 4.58. The third-order valence-electron chi connectivity index (χ3n) is 3.86. The summed E-state index contributed by atoms with van der Waals surface area (Å²) in [5, 5.41) is 11.4. The molecule has 22 heavy (non-hydrogen) atoms. The SMILES string of the molecule is CN1C[C@@]2(C[C@H]1C#N)Oc1c(C(F)(F)F)ccnc1NC2=O. The summed E-state index contributed by atoms with van der Waals surface area (Å²) in [7, 11) is 1.61. The number of aromatic nitrogens is 1. The number of carbonyl (C=O) groups is 1. The number of nitriles is 1. The Hall–Kier alpha value is -2.34. The normalized spacial score (nSPS) is 28.0. The van der Waals surface area contributed by atoms with E-state index < -0.39 is 35.0 Å². The first-order chi connectivity index (χ1) is 10.3. The average molecular weight is 312 g/mol. The van der Waals surface area contributed by atoms with E-state index in [1.165, 1.54) is 0 Å². The molecule has 3 rings (SSSR count). The smallest absolute Gasteiger partial charge is 0.420 e. The first kappa shape index (κ1) is 14.6. The highest BCUT2D eigenvalue weighted by Gasteiger charge is 2.54. The lowest BCUT2D eigenvalue weighted by molar-refractivity contribution is -0.143. The predicted molar refractivity (Wildman–Crippen MR) is 67.9 cm³/mol. The molecule has 9 heteroatoms. The van der Waals surface area contributed by atoms with Crippen molar-refractivity contribution in [3.8, 4) is 11.8 Å². The molecule has 2 aliphatic rings. The summed E-state index contributed by atoms with van der Waals surface area (Å²) < 4.78 is 44.7. The molecule has 0 saturated carbocycles. The maximum atomic E-state index is 13.1. The molecular weight excluding hydrogens is 301 g/mol. The number of likely N-dealkylation sites (N-methyl/N-ethyl adjacent to an activating group) is 1. The van der Waals surface area contributed by atoms with Gasteiger partial charge in [0.05, 0.1) is 6.07 Å². The van der Waals surface area contributed by atoms with Crippen molar-refractivity contribution in [1.29, 1.82) is 5.26 Å². The maximum absolute atomic E-state index is 13.1. The number of hydrogen-bond donors (Lipinski definition) is 1. The van der Waals surface area contributed by atoms with Crippen molar-refractivity contribution in [2.75, 3.05) is 18.9 Å². The molecule has 1 spiro atoms. The molecule has 3 heterocycles. The van der Waals surface area contributed by atoms with Crippen LogP contribution in [-0.4, -0.2) is 41.0 Å². The van der Waals surface area contributed by atoms with E-state index in [9.17, 15) is 18.0 Å². The molecule has 1 amide bonds. The Balaban J connectivity index is 2.06. The number of halogens is 3. The number of likely N-dealkylation sites (tertiary alicyclic amines) is 1. The van der Waals surface area contributed by atoms with Gasteiger partial charge in [0, 0.05) is 19.2 Å². The molecular formula is C13H11F3N4O2. The third kappa shape index (κ3) is 2.07. The van der Waals surface area contributed by atoms with Crippen LogP contribution in [0.1, 0.15) is 12.0 Å². The molecule has 0 unspecified atom stereocenters. The number of amides is 1. The van der Waals surface area contributed by atoms with E-state index in [1.807, 2.05) is 6.07 Å². The molecule has 6 nitrogen and oxygen atoms in total. The number of anilines is 1. The number of carbonyl (C=O) groups excluding carboxylic acids is 1. The number of nitrogens with one attached hydrogen (secondary N) is 1. The van der Waals surface area contributed by atoms with E-state index in [0.717, 1.165) is 12.3 Å². The van der Waals surface area contributed by atoms with Crippen LogP contribution in [0, 0.1) is 11.3 Å². The zero-order chi connectivity index (χ0) is 16.1. The van der Waals surface area contributed by atoms with Crippen LogP contribution in [0.15, 0.2) is 12.3 Å². The minimum atomic E-state index is -4.63. The van der Waals surface area contributed by atoms with E-state index in [2.05, 4.69) is 10.3 Å². The van der Waals surface area contributed by atoms with E-state index in [0.29, 0.717) is 0 Å². The quantitative estimate of drug-likeness (QED) is 0.783. The van der Waals surface area contributed by atoms with E-state index in [4.69, 9.17) is 10.00 Å². The fourth-order valence-corrected chi connectivity index (χ4v) is 2.76. The zero-order valence-electron chi connectivity index (χ0n) is 11.4. The summed E-state index contributed by atoms with van der Waals surface area (Å²) in [6.45, 7) is 0.0304. The molecule has 116 valence electrons. The number of nitrogens with zero attached hydrogens (tertiary/aromatic N) is 3. The molecule has 0 radical (unpaired) electrons. The van der Waals surface area contributed by atoms with Crippen molar-refractivity contribution in [1.82, 2.24) is 9.88 Å². The van der Waals surface area contributed by atoms with Gasteiger partial charge in [-0.1, -0.05) is 0 Å². The molecule has 2 aliphatic heterocycles. The lowest BCUT2D eigenvalue weighted by Crippen LogP contribution is -2.53. The summed E-state index contributed by atoms with van der Waals surface area (Å²) in [5.74, 6) is -1.34. The lowest BCUT2D eigenvalue weighted by Gasteiger charge is -2.34. The lowest BCUT2D eigenvalue weighted by atomic mass is 9.97. The molecule has 1 fully saturated rings. The van der Waals surface area contributed by atoms with Crippen LogP contribution in [0.3, 0.4) is 0 Å². The second-order valence-electron chi connectivity index (χ2n) is 5.35. The van der Waals surface area contributed by atoms with Crippen molar-refractivity contribution >= 4 is 11.7 Å². The minimum Gasteiger partial charge on any atom is -0.471 e. The Kier molecular flexibility index (Phi) is 3.04. The maximum Gasteiger partial charge on any atom is 0.420 e. The van der Waals surface area contributed by atoms with Crippen LogP contribution in [0.2, 0.25) is 0 Å². The fraction of sp³-hybridized carbons (Fsp3) is 0.462. The van der Waals surface area contributed by atoms with Gasteiger partial charge in [0.15, 0.2) is 11.6 Å². The van der Waals surface area contributed by atoms with Gasteiger partial charge in [-0.15, -0.1) is 0 Å². The van der Waals surface area contributed by atoms with Crippen LogP contribution < -0.4 is 10.1 Å². The Bertz CT molecular complexity index is 685. The summed E-state index contributed by atoms with van der Waals surface area (Å²) in [5.41, 5.74) is -2.51. The van der Waals surface area contributed by atoms with Crippen molar-refractivity contribution in [2.24, 2.45) is 0 Å². The summed E-state index contributed by atoms with van der Waals surface area (Å²) in [4.78, 5) is 17.6. The van der Waals surface area contributed by atoms with Crippen molar-refractivity contribution in [3.05, 3.63) is 17.8 Å². The number of hydrogen-bond acceptors (Lipinski definition) is 5. The Morgan fingerprint density at radius 3 is 2.91 bits per heavy atom. The van der Waals surface area contributed by atoms with E-state index in [-0.39, 0.29) is 18.8 Å². The standard InChI is InChI=1S/C13H11F3N4O2/c1-20-6-12(4-7(20)5-17)11(21)19-10-9(22-12)8(2-3-18-10)13(14,15)16/h2-3,7H,4,6H2,1H3,(H,18,19,21)/t7-,12+/m0/s1. The zero-order valence-corrected chi connectivity index (χ0v) is 11.4. The molecule has 0 aliphatic carbocycles. The van der Waals surface area contributed by atoms with Gasteiger partial charge in [-0.3, -0.25) is 9.69 Å². The monoisotopic (exact) mass is 312 g/mol. The fourth-order valence-electron chi connectivity index (χ4n) is 2.76. The third-order valence-corrected chi connectivity index (χ3v) is 3.86. The van der Waals surface area contributed by atoms with Gasteiger partial charge in [0.25, 0.3) is 5.91 Å². The molecule has 1 aromatic heterocycles. The number of fused-ring (bicyclic) bond motifs is 1. The van der Waals surface area contributed by atoms with E-state index >= 15 is 0 Å². The number of pyridine rings is 1. The van der Waals surface area contributed by atoms with E-state index in [1.54, 1.807) is 11.9 Å². The van der Waals surface area contributed by atoms with Gasteiger partial charge in [-0.25, -0.2) is 4.98 Å². The van der Waals surface area contributed by atoms with Gasteiger partial charge in [-0.05, 0) is 13.1 Å². The van der Waals surface area contributed by atoms with Crippen LogP contribution >= 0.6 is 0 Å². The molecule has 0 bridgehead atoms. The topological polar surface area (TPSA) is 78.2 Å². The number of rotatable bonds is 0. The minimum absolute atomic E-state index is 0.00252. The molecule has 2 atom stereocenters. The highest BCUT2D eigenvalue weighted by atomic mass is 19.4. The Morgan fingerprint density at radius 1 is 1.59 bits per heavy atom. The Morgan fingerprint density at radius 2 is 2.32 bits per heavy atom. The largest absolute Gasteiger partial charge is 0.471 e. The van der Waals surface area contributed by atoms with Crippen molar-refractivity contribution in [2.45, 2.75) is 24.2 Å².